The molecule has 4 heteroatoms. The lowest BCUT2D eigenvalue weighted by Crippen LogP contribution is -2.04. The fraction of sp³-hybridized carbons (Fsp3) is 0.188. The number of ether oxygens (including phenoxy) is 1. The lowest BCUT2D eigenvalue weighted by molar-refractivity contribution is 0.301. The zero-order valence-electron chi connectivity index (χ0n) is 11.2. The van der Waals surface area contributed by atoms with Gasteiger partial charge in [-0.25, -0.2) is 4.39 Å². The Bertz CT molecular complexity index is 662. The van der Waals surface area contributed by atoms with Gasteiger partial charge in [0.1, 0.15) is 18.2 Å². The predicted octanol–water partition coefficient (Wildman–Crippen LogP) is 3.04. The van der Waals surface area contributed by atoms with E-state index in [0.29, 0.717) is 23.5 Å². The third-order valence-electron chi connectivity index (χ3n) is 3.10. The monoisotopic (exact) mass is 270 g/mol. The molecular weight excluding hydrogens is 255 g/mol. The fourth-order valence-electron chi connectivity index (χ4n) is 1.93. The molecule has 0 fully saturated rings. The van der Waals surface area contributed by atoms with E-state index in [1.807, 2.05) is 19.1 Å². The Labute approximate surface area is 117 Å². The van der Waals surface area contributed by atoms with Crippen LogP contribution in [0.15, 0.2) is 36.4 Å². The van der Waals surface area contributed by atoms with Gasteiger partial charge in [0, 0.05) is 12.1 Å². The zero-order valence-corrected chi connectivity index (χ0v) is 11.2. The van der Waals surface area contributed by atoms with Crippen molar-refractivity contribution in [3.63, 3.8) is 0 Å². The van der Waals surface area contributed by atoms with E-state index in [-0.39, 0.29) is 12.4 Å². The molecule has 0 aliphatic heterocycles. The number of hydrogen-bond acceptors (Lipinski definition) is 3. The number of rotatable bonds is 4. The van der Waals surface area contributed by atoms with Gasteiger partial charge in [-0.05, 0) is 48.4 Å². The van der Waals surface area contributed by atoms with E-state index in [0.717, 1.165) is 11.1 Å². The maximum Gasteiger partial charge on any atom is 0.124 e. The molecule has 0 bridgehead atoms. The van der Waals surface area contributed by atoms with E-state index >= 15 is 0 Å². The van der Waals surface area contributed by atoms with Gasteiger partial charge in [0.2, 0.25) is 0 Å². The fourth-order valence-corrected chi connectivity index (χ4v) is 1.93. The molecule has 0 aromatic heterocycles. The second-order valence-electron chi connectivity index (χ2n) is 4.50. The summed E-state index contributed by atoms with van der Waals surface area (Å²) in [5.74, 6) is 0.255. The number of aryl methyl sites for hydroxylation is 1. The van der Waals surface area contributed by atoms with Crippen molar-refractivity contribution in [2.45, 2.75) is 20.1 Å². The van der Waals surface area contributed by atoms with Gasteiger partial charge in [0.05, 0.1) is 11.6 Å². The number of halogens is 1. The van der Waals surface area contributed by atoms with Gasteiger partial charge in [-0.1, -0.05) is 6.07 Å². The molecule has 0 radical (unpaired) electrons. The van der Waals surface area contributed by atoms with Crippen LogP contribution in [0.3, 0.4) is 0 Å². The third kappa shape index (κ3) is 3.14. The van der Waals surface area contributed by atoms with Crippen molar-refractivity contribution >= 4 is 0 Å². The predicted molar refractivity (Wildman–Crippen MR) is 74.5 cm³/mol. The summed E-state index contributed by atoms with van der Waals surface area (Å²) in [5, 5.41) is 8.82. The highest BCUT2D eigenvalue weighted by atomic mass is 19.1. The van der Waals surface area contributed by atoms with Crippen LogP contribution in [0, 0.1) is 24.1 Å². The van der Waals surface area contributed by atoms with Crippen molar-refractivity contribution in [2.24, 2.45) is 5.73 Å². The topological polar surface area (TPSA) is 59.0 Å². The molecule has 0 spiro atoms. The summed E-state index contributed by atoms with van der Waals surface area (Å²) < 4.78 is 18.8. The molecule has 2 aromatic rings. The van der Waals surface area contributed by atoms with E-state index in [1.54, 1.807) is 12.1 Å². The molecule has 2 N–H and O–H groups in total. The number of nitriles is 1. The molecule has 2 aromatic carbocycles. The highest BCUT2D eigenvalue weighted by molar-refractivity contribution is 5.38. The van der Waals surface area contributed by atoms with Crippen molar-refractivity contribution in [2.75, 3.05) is 0 Å². The summed E-state index contributed by atoms with van der Waals surface area (Å²) in [6.45, 7) is 2.50. The van der Waals surface area contributed by atoms with E-state index in [9.17, 15) is 4.39 Å². The van der Waals surface area contributed by atoms with E-state index in [2.05, 4.69) is 6.07 Å². The van der Waals surface area contributed by atoms with Crippen LogP contribution < -0.4 is 10.5 Å². The first-order valence-electron chi connectivity index (χ1n) is 6.25. The molecule has 0 aliphatic carbocycles. The van der Waals surface area contributed by atoms with Crippen molar-refractivity contribution in [1.82, 2.24) is 0 Å². The average Bonchev–Trinajstić information content (AvgIpc) is 2.46. The summed E-state index contributed by atoms with van der Waals surface area (Å²) in [7, 11) is 0. The van der Waals surface area contributed by atoms with Crippen LogP contribution in [-0.4, -0.2) is 0 Å². The smallest absolute Gasteiger partial charge is 0.124 e. The maximum atomic E-state index is 13.1. The minimum absolute atomic E-state index is 0.222. The van der Waals surface area contributed by atoms with Crippen LogP contribution in [0.4, 0.5) is 4.39 Å². The van der Waals surface area contributed by atoms with Crippen LogP contribution in [0.25, 0.3) is 0 Å². The number of nitrogens with two attached hydrogens (primary N) is 1. The Kier molecular flexibility index (Phi) is 4.34. The van der Waals surface area contributed by atoms with Crippen LogP contribution >= 0.6 is 0 Å². The van der Waals surface area contributed by atoms with Gasteiger partial charge < -0.3 is 10.5 Å². The first-order valence-corrected chi connectivity index (χ1v) is 6.25. The van der Waals surface area contributed by atoms with Gasteiger partial charge >= 0.3 is 0 Å². The van der Waals surface area contributed by atoms with E-state index < -0.39 is 0 Å². The van der Waals surface area contributed by atoms with Crippen LogP contribution in [0.2, 0.25) is 0 Å². The van der Waals surface area contributed by atoms with Gasteiger partial charge in [0.25, 0.3) is 0 Å². The summed E-state index contributed by atoms with van der Waals surface area (Å²) in [4.78, 5) is 0. The molecule has 3 nitrogen and oxygen atoms in total. The van der Waals surface area contributed by atoms with Crippen molar-refractivity contribution in [3.05, 3.63) is 64.5 Å². The SMILES string of the molecule is Cc1cc(C#N)ccc1COc1ccc(F)cc1CN. The Morgan fingerprint density at radius 3 is 2.65 bits per heavy atom. The minimum Gasteiger partial charge on any atom is -0.489 e. The Morgan fingerprint density at radius 2 is 2.00 bits per heavy atom. The maximum absolute atomic E-state index is 13.1. The van der Waals surface area contributed by atoms with E-state index in [4.69, 9.17) is 15.7 Å². The Morgan fingerprint density at radius 1 is 1.20 bits per heavy atom. The quantitative estimate of drug-likeness (QED) is 0.929. The molecule has 0 amide bonds. The molecule has 0 aliphatic rings. The zero-order chi connectivity index (χ0) is 14.5. The Hall–Kier alpha value is -2.38. The van der Waals surface area contributed by atoms with Gasteiger partial charge in [-0.2, -0.15) is 5.26 Å². The molecule has 0 heterocycles. The van der Waals surface area contributed by atoms with Crippen molar-refractivity contribution in [1.29, 1.82) is 5.26 Å². The van der Waals surface area contributed by atoms with Crippen molar-refractivity contribution < 1.29 is 9.13 Å². The van der Waals surface area contributed by atoms with Crippen LogP contribution in [0.1, 0.15) is 22.3 Å². The number of nitrogens with zero attached hydrogens (tertiary/aromatic N) is 1. The molecule has 0 atom stereocenters. The molecule has 20 heavy (non-hydrogen) atoms. The largest absolute Gasteiger partial charge is 0.489 e. The average molecular weight is 270 g/mol. The van der Waals surface area contributed by atoms with Gasteiger partial charge in [-0.15, -0.1) is 0 Å². The lowest BCUT2D eigenvalue weighted by atomic mass is 10.1. The summed E-state index contributed by atoms with van der Waals surface area (Å²) in [6, 6.07) is 11.8. The molecule has 102 valence electrons. The van der Waals surface area contributed by atoms with Crippen LogP contribution in [0.5, 0.6) is 5.75 Å². The van der Waals surface area contributed by atoms with E-state index in [1.165, 1.54) is 12.1 Å². The standard InChI is InChI=1S/C16H15FN2O/c1-11-6-12(8-18)2-3-13(11)10-20-16-5-4-15(17)7-14(16)9-19/h2-7H,9-10,19H2,1H3. The van der Waals surface area contributed by atoms with Crippen LogP contribution in [-0.2, 0) is 13.2 Å². The Balaban J connectivity index is 2.15. The minimum atomic E-state index is -0.327. The summed E-state index contributed by atoms with van der Waals surface area (Å²) >= 11 is 0. The highest BCUT2D eigenvalue weighted by Gasteiger charge is 2.06. The first kappa shape index (κ1) is 14.0. The summed E-state index contributed by atoms with van der Waals surface area (Å²) in [6.07, 6.45) is 0. The first-order chi connectivity index (χ1) is 9.63. The number of benzene rings is 2. The highest BCUT2D eigenvalue weighted by Crippen LogP contribution is 2.21. The normalized spacial score (nSPS) is 10.1. The summed E-state index contributed by atoms with van der Waals surface area (Å²) in [5.41, 5.74) is 8.80. The van der Waals surface area contributed by atoms with Gasteiger partial charge in [-0.3, -0.25) is 0 Å². The second kappa shape index (κ2) is 6.18. The van der Waals surface area contributed by atoms with Gasteiger partial charge in [0.15, 0.2) is 0 Å². The third-order valence-corrected chi connectivity index (χ3v) is 3.10. The van der Waals surface area contributed by atoms with Crippen molar-refractivity contribution in [3.8, 4) is 11.8 Å². The number of hydrogen-bond donors (Lipinski definition) is 1. The second-order valence-corrected chi connectivity index (χ2v) is 4.50. The molecular formula is C16H15FN2O. The molecule has 0 unspecified atom stereocenters. The molecule has 0 saturated carbocycles. The molecule has 0 saturated heterocycles. The molecule has 2 rings (SSSR count). The lowest BCUT2D eigenvalue weighted by Gasteiger charge is -2.12.